The summed E-state index contributed by atoms with van der Waals surface area (Å²) in [6, 6.07) is 12.0. The molecule has 0 aliphatic carbocycles. The molecule has 1 amide bonds. The summed E-state index contributed by atoms with van der Waals surface area (Å²) in [5.41, 5.74) is 2.26. The number of aryl methyl sites for hydroxylation is 1. The number of anilines is 1. The third-order valence-electron chi connectivity index (χ3n) is 2.83. The van der Waals surface area contributed by atoms with E-state index in [0.29, 0.717) is 10.0 Å². The number of nitrogens with one attached hydrogen (secondary N) is 1. The van der Waals surface area contributed by atoms with Crippen molar-refractivity contribution in [2.75, 3.05) is 5.32 Å². The number of aromatic nitrogens is 1. The molecule has 3 nitrogen and oxygen atoms in total. The van der Waals surface area contributed by atoms with Gasteiger partial charge in [0.15, 0.2) is 5.13 Å². The summed E-state index contributed by atoms with van der Waals surface area (Å²) < 4.78 is 0. The number of carbonyl (C=O) groups excluding carboxylic acids is 1. The Kier molecular flexibility index (Phi) is 3.62. The van der Waals surface area contributed by atoms with Crippen LogP contribution < -0.4 is 5.32 Å². The van der Waals surface area contributed by atoms with Crippen LogP contribution in [0, 0.1) is 6.92 Å². The molecule has 0 radical (unpaired) electrons. The second-order valence-electron chi connectivity index (χ2n) is 4.28. The lowest BCUT2D eigenvalue weighted by atomic mass is 10.1. The van der Waals surface area contributed by atoms with Crippen LogP contribution in [0.2, 0.25) is 0 Å². The first-order valence-electron chi connectivity index (χ1n) is 6.11. The van der Waals surface area contributed by atoms with E-state index >= 15 is 0 Å². The molecule has 0 saturated carbocycles. The fourth-order valence-electron chi connectivity index (χ4n) is 1.91. The first-order chi connectivity index (χ1) is 9.74. The Labute approximate surface area is 124 Å². The summed E-state index contributed by atoms with van der Waals surface area (Å²) in [4.78, 5) is 18.1. The van der Waals surface area contributed by atoms with Gasteiger partial charge < -0.3 is 0 Å². The third kappa shape index (κ3) is 2.64. The Balaban J connectivity index is 1.87. The van der Waals surface area contributed by atoms with Crippen molar-refractivity contribution >= 4 is 33.7 Å². The molecule has 0 atom stereocenters. The molecule has 3 aromatic rings. The van der Waals surface area contributed by atoms with Crippen LogP contribution in [0.4, 0.5) is 5.13 Å². The maximum Gasteiger partial charge on any atom is 0.267 e. The van der Waals surface area contributed by atoms with E-state index < -0.39 is 0 Å². The van der Waals surface area contributed by atoms with Crippen molar-refractivity contribution in [1.82, 2.24) is 4.98 Å². The highest BCUT2D eigenvalue weighted by Crippen LogP contribution is 2.32. The zero-order valence-electron chi connectivity index (χ0n) is 10.8. The van der Waals surface area contributed by atoms with Crippen molar-refractivity contribution in [3.63, 3.8) is 0 Å². The molecule has 100 valence electrons. The van der Waals surface area contributed by atoms with Gasteiger partial charge in [0.1, 0.15) is 0 Å². The van der Waals surface area contributed by atoms with E-state index in [1.807, 2.05) is 36.6 Å². The van der Waals surface area contributed by atoms with Crippen molar-refractivity contribution in [2.45, 2.75) is 6.92 Å². The summed E-state index contributed by atoms with van der Waals surface area (Å²) in [7, 11) is 0. The number of thiazole rings is 1. The first-order valence-corrected chi connectivity index (χ1v) is 7.80. The topological polar surface area (TPSA) is 42.0 Å². The van der Waals surface area contributed by atoms with Crippen LogP contribution in [0.15, 0.2) is 48.0 Å². The molecule has 0 bridgehead atoms. The minimum absolute atomic E-state index is 0.102. The van der Waals surface area contributed by atoms with Crippen molar-refractivity contribution in [3.8, 4) is 10.4 Å². The molecule has 0 saturated heterocycles. The van der Waals surface area contributed by atoms with Crippen LogP contribution in [0.3, 0.4) is 0 Å². The lowest BCUT2D eigenvalue weighted by Crippen LogP contribution is -2.09. The summed E-state index contributed by atoms with van der Waals surface area (Å²) in [5.74, 6) is -0.102. The van der Waals surface area contributed by atoms with Crippen molar-refractivity contribution < 1.29 is 4.79 Å². The van der Waals surface area contributed by atoms with Gasteiger partial charge in [-0.05, 0) is 24.1 Å². The second-order valence-corrected chi connectivity index (χ2v) is 6.23. The number of thiophene rings is 1. The molecule has 0 spiro atoms. The molecule has 0 unspecified atom stereocenters. The lowest BCUT2D eigenvalue weighted by Gasteiger charge is -1.98. The molecule has 2 aromatic heterocycles. The molecule has 2 heterocycles. The van der Waals surface area contributed by atoms with Gasteiger partial charge in [-0.25, -0.2) is 4.98 Å². The van der Waals surface area contributed by atoms with E-state index in [0.717, 1.165) is 16.0 Å². The maximum absolute atomic E-state index is 12.2. The van der Waals surface area contributed by atoms with E-state index in [-0.39, 0.29) is 5.91 Å². The Morgan fingerprint density at radius 2 is 2.05 bits per heavy atom. The zero-order valence-corrected chi connectivity index (χ0v) is 12.4. The fraction of sp³-hybridized carbons (Fsp3) is 0.0667. The Morgan fingerprint density at radius 3 is 2.75 bits per heavy atom. The minimum atomic E-state index is -0.102. The van der Waals surface area contributed by atoms with Gasteiger partial charge in [0, 0.05) is 16.5 Å². The maximum atomic E-state index is 12.2. The molecule has 20 heavy (non-hydrogen) atoms. The molecular weight excluding hydrogens is 288 g/mol. The van der Waals surface area contributed by atoms with Crippen molar-refractivity contribution in [2.24, 2.45) is 0 Å². The van der Waals surface area contributed by atoms with Gasteiger partial charge in [-0.1, -0.05) is 30.3 Å². The van der Waals surface area contributed by atoms with Gasteiger partial charge in [0.2, 0.25) is 0 Å². The number of hydrogen-bond acceptors (Lipinski definition) is 4. The minimum Gasteiger partial charge on any atom is -0.297 e. The third-order valence-corrected chi connectivity index (χ3v) is 4.80. The quantitative estimate of drug-likeness (QED) is 0.777. The Bertz CT molecular complexity index is 718. The highest BCUT2D eigenvalue weighted by Gasteiger charge is 2.14. The molecule has 1 aromatic carbocycles. The van der Waals surface area contributed by atoms with Gasteiger partial charge in [-0.3, -0.25) is 10.1 Å². The lowest BCUT2D eigenvalue weighted by molar-refractivity contribution is 0.103. The second kappa shape index (κ2) is 5.56. The number of hydrogen-bond donors (Lipinski definition) is 1. The molecule has 0 aliphatic heterocycles. The highest BCUT2D eigenvalue weighted by atomic mass is 32.1. The predicted octanol–water partition coefficient (Wildman–Crippen LogP) is 4.43. The van der Waals surface area contributed by atoms with E-state index in [1.165, 1.54) is 22.7 Å². The Morgan fingerprint density at radius 1 is 1.25 bits per heavy atom. The summed E-state index contributed by atoms with van der Waals surface area (Å²) in [6.45, 7) is 2.03. The number of nitrogens with zero attached hydrogens (tertiary/aromatic N) is 1. The van der Waals surface area contributed by atoms with Gasteiger partial charge in [-0.15, -0.1) is 22.7 Å². The Hall–Kier alpha value is -1.98. The number of amides is 1. The van der Waals surface area contributed by atoms with Crippen LogP contribution in [0.5, 0.6) is 0 Å². The zero-order chi connectivity index (χ0) is 13.9. The smallest absolute Gasteiger partial charge is 0.267 e. The molecule has 0 aliphatic rings. The normalized spacial score (nSPS) is 10.4. The molecule has 0 fully saturated rings. The van der Waals surface area contributed by atoms with Crippen LogP contribution in [0.25, 0.3) is 10.4 Å². The largest absolute Gasteiger partial charge is 0.297 e. The molecule has 1 N–H and O–H groups in total. The van der Waals surface area contributed by atoms with Crippen LogP contribution in [0.1, 0.15) is 15.2 Å². The SMILES string of the molecule is Cc1cc(C(=O)Nc2nccs2)sc1-c1ccccc1. The van der Waals surface area contributed by atoms with Gasteiger partial charge >= 0.3 is 0 Å². The first kappa shape index (κ1) is 13.0. The summed E-state index contributed by atoms with van der Waals surface area (Å²) >= 11 is 2.92. The van der Waals surface area contributed by atoms with Crippen LogP contribution in [-0.4, -0.2) is 10.9 Å². The monoisotopic (exact) mass is 300 g/mol. The van der Waals surface area contributed by atoms with Crippen LogP contribution >= 0.6 is 22.7 Å². The number of carbonyl (C=O) groups is 1. The van der Waals surface area contributed by atoms with E-state index in [2.05, 4.69) is 22.4 Å². The van der Waals surface area contributed by atoms with Crippen molar-refractivity contribution in [3.05, 3.63) is 58.4 Å². The predicted molar refractivity (Wildman–Crippen MR) is 84.6 cm³/mol. The average Bonchev–Trinajstić information content (AvgIpc) is 3.09. The standard InChI is InChI=1S/C15H12N2OS2/c1-10-9-12(14(18)17-15-16-7-8-19-15)20-13(10)11-5-3-2-4-6-11/h2-9H,1H3,(H,16,17,18). The number of rotatable bonds is 3. The highest BCUT2D eigenvalue weighted by molar-refractivity contribution is 7.18. The number of benzene rings is 1. The van der Waals surface area contributed by atoms with E-state index in [9.17, 15) is 4.79 Å². The van der Waals surface area contributed by atoms with E-state index in [1.54, 1.807) is 6.20 Å². The molecule has 5 heteroatoms. The van der Waals surface area contributed by atoms with Gasteiger partial charge in [-0.2, -0.15) is 0 Å². The van der Waals surface area contributed by atoms with Gasteiger partial charge in [0.25, 0.3) is 5.91 Å². The molecule has 3 rings (SSSR count). The van der Waals surface area contributed by atoms with E-state index in [4.69, 9.17) is 0 Å². The summed E-state index contributed by atoms with van der Waals surface area (Å²) in [6.07, 6.45) is 1.68. The summed E-state index contributed by atoms with van der Waals surface area (Å²) in [5, 5.41) is 5.27. The fourth-order valence-corrected chi connectivity index (χ4v) is 3.51. The van der Waals surface area contributed by atoms with Crippen LogP contribution in [-0.2, 0) is 0 Å². The van der Waals surface area contributed by atoms with Gasteiger partial charge in [0.05, 0.1) is 4.88 Å². The van der Waals surface area contributed by atoms with Crippen molar-refractivity contribution in [1.29, 1.82) is 0 Å². The average molecular weight is 300 g/mol. The molecular formula is C15H12N2OS2.